The highest BCUT2D eigenvalue weighted by atomic mass is 16.2. The van der Waals surface area contributed by atoms with Crippen LogP contribution in [0.4, 0.5) is 5.69 Å². The van der Waals surface area contributed by atoms with Gasteiger partial charge in [0.25, 0.3) is 0 Å². The Hall–Kier alpha value is -2.04. The molecule has 4 N–H and O–H groups in total. The number of hydrogen-bond acceptors (Lipinski definition) is 3. The summed E-state index contributed by atoms with van der Waals surface area (Å²) in [4.78, 5) is 22.3. The van der Waals surface area contributed by atoms with Crippen LogP contribution in [0.15, 0.2) is 24.3 Å². The third-order valence-corrected chi connectivity index (χ3v) is 2.82. The predicted molar refractivity (Wildman–Crippen MR) is 75.6 cm³/mol. The third-order valence-electron chi connectivity index (χ3n) is 2.82. The molecule has 0 aliphatic heterocycles. The Labute approximate surface area is 113 Å². The molecule has 19 heavy (non-hydrogen) atoms. The Morgan fingerprint density at radius 1 is 1.16 bits per heavy atom. The fourth-order valence-electron chi connectivity index (χ4n) is 1.73. The highest BCUT2D eigenvalue weighted by molar-refractivity contribution is 5.77. The normalized spacial score (nSPS) is 11.7. The lowest BCUT2D eigenvalue weighted by Gasteiger charge is -2.12. The first kappa shape index (κ1) is 15.0. The second-order valence-electron chi connectivity index (χ2n) is 4.60. The molecule has 0 heterocycles. The van der Waals surface area contributed by atoms with E-state index < -0.39 is 0 Å². The summed E-state index contributed by atoms with van der Waals surface area (Å²) in [6.45, 7) is 4.36. The van der Waals surface area contributed by atoms with Crippen LogP contribution in [0.3, 0.4) is 0 Å². The number of carbonyl (C=O) groups is 2. The molecule has 2 amide bonds. The van der Waals surface area contributed by atoms with E-state index >= 15 is 0 Å². The van der Waals surface area contributed by atoms with Crippen molar-refractivity contribution in [2.24, 2.45) is 0 Å². The van der Waals surface area contributed by atoms with Gasteiger partial charge in [-0.25, -0.2) is 0 Å². The molecular weight excluding hydrogens is 242 g/mol. The van der Waals surface area contributed by atoms with Gasteiger partial charge in [0.05, 0.1) is 0 Å². The Balaban J connectivity index is 2.31. The molecule has 5 heteroatoms. The lowest BCUT2D eigenvalue weighted by atomic mass is 9.97. The van der Waals surface area contributed by atoms with E-state index in [1.54, 1.807) is 0 Å². The molecule has 0 spiro atoms. The molecular formula is C14H21N3O2. The first-order valence-corrected chi connectivity index (χ1v) is 6.35. The van der Waals surface area contributed by atoms with Gasteiger partial charge < -0.3 is 16.4 Å². The summed E-state index contributed by atoms with van der Waals surface area (Å²) in [5.41, 5.74) is 7.43. The quantitative estimate of drug-likeness (QED) is 0.529. The standard InChI is InChI=1S/C14H21N3O2/c1-10(12-3-5-13(15)6-4-12)9-14(19)17-8-7-16-11(2)18/h3-6,10H,7-9,15H2,1-2H3,(H,16,18)(H,17,19). The van der Waals surface area contributed by atoms with Crippen LogP contribution in [0.1, 0.15) is 31.7 Å². The molecule has 0 radical (unpaired) electrons. The van der Waals surface area contributed by atoms with Crippen molar-refractivity contribution < 1.29 is 9.59 Å². The summed E-state index contributed by atoms with van der Waals surface area (Å²) in [5.74, 6) is 0.0283. The van der Waals surface area contributed by atoms with E-state index in [0.717, 1.165) is 11.3 Å². The zero-order valence-electron chi connectivity index (χ0n) is 11.4. The van der Waals surface area contributed by atoms with Gasteiger partial charge >= 0.3 is 0 Å². The van der Waals surface area contributed by atoms with Gasteiger partial charge in [-0.05, 0) is 23.6 Å². The zero-order chi connectivity index (χ0) is 14.3. The van der Waals surface area contributed by atoms with E-state index in [1.807, 2.05) is 31.2 Å². The molecule has 0 bridgehead atoms. The lowest BCUT2D eigenvalue weighted by Crippen LogP contribution is -2.34. The maximum absolute atomic E-state index is 11.7. The van der Waals surface area contributed by atoms with E-state index in [1.165, 1.54) is 6.92 Å². The van der Waals surface area contributed by atoms with Crippen molar-refractivity contribution in [3.8, 4) is 0 Å². The van der Waals surface area contributed by atoms with Crippen LogP contribution in [-0.2, 0) is 9.59 Å². The fraction of sp³-hybridized carbons (Fsp3) is 0.429. The number of hydrogen-bond donors (Lipinski definition) is 3. The zero-order valence-corrected chi connectivity index (χ0v) is 11.4. The van der Waals surface area contributed by atoms with Crippen molar-refractivity contribution in [1.82, 2.24) is 10.6 Å². The first-order valence-electron chi connectivity index (χ1n) is 6.35. The van der Waals surface area contributed by atoms with Gasteiger partial charge in [0, 0.05) is 32.1 Å². The van der Waals surface area contributed by atoms with Crippen LogP contribution < -0.4 is 16.4 Å². The van der Waals surface area contributed by atoms with Crippen LogP contribution in [0.25, 0.3) is 0 Å². The number of nitrogens with two attached hydrogens (primary N) is 1. The van der Waals surface area contributed by atoms with Crippen molar-refractivity contribution in [2.45, 2.75) is 26.2 Å². The SMILES string of the molecule is CC(=O)NCCNC(=O)CC(C)c1ccc(N)cc1. The second kappa shape index (κ2) is 7.41. The largest absolute Gasteiger partial charge is 0.399 e. The van der Waals surface area contributed by atoms with Crippen LogP contribution in [0.5, 0.6) is 0 Å². The van der Waals surface area contributed by atoms with Gasteiger partial charge in [0.1, 0.15) is 0 Å². The van der Waals surface area contributed by atoms with E-state index in [9.17, 15) is 9.59 Å². The van der Waals surface area contributed by atoms with Gasteiger partial charge in [0.15, 0.2) is 0 Å². The van der Waals surface area contributed by atoms with Crippen LogP contribution in [0.2, 0.25) is 0 Å². The number of amides is 2. The van der Waals surface area contributed by atoms with Gasteiger partial charge in [-0.15, -0.1) is 0 Å². The Morgan fingerprint density at radius 3 is 2.32 bits per heavy atom. The van der Waals surface area contributed by atoms with Crippen molar-refractivity contribution in [3.63, 3.8) is 0 Å². The molecule has 104 valence electrons. The topological polar surface area (TPSA) is 84.2 Å². The van der Waals surface area contributed by atoms with Gasteiger partial charge in [-0.3, -0.25) is 9.59 Å². The van der Waals surface area contributed by atoms with Crippen molar-refractivity contribution >= 4 is 17.5 Å². The smallest absolute Gasteiger partial charge is 0.220 e. The van der Waals surface area contributed by atoms with Crippen LogP contribution in [-0.4, -0.2) is 24.9 Å². The molecule has 1 aromatic rings. The van der Waals surface area contributed by atoms with E-state index in [-0.39, 0.29) is 17.7 Å². The molecule has 1 unspecified atom stereocenters. The second-order valence-corrected chi connectivity index (χ2v) is 4.60. The minimum Gasteiger partial charge on any atom is -0.399 e. The number of benzene rings is 1. The minimum atomic E-state index is -0.0931. The van der Waals surface area contributed by atoms with Crippen molar-refractivity contribution in [2.75, 3.05) is 18.8 Å². The monoisotopic (exact) mass is 263 g/mol. The summed E-state index contributed by atoms with van der Waals surface area (Å²) in [7, 11) is 0. The molecule has 0 aliphatic carbocycles. The predicted octanol–water partition coefficient (Wildman–Crippen LogP) is 1.01. The summed E-state index contributed by atoms with van der Waals surface area (Å²) in [5, 5.41) is 5.40. The molecule has 0 fully saturated rings. The average Bonchev–Trinajstić information content (AvgIpc) is 2.35. The third kappa shape index (κ3) is 5.90. The maximum atomic E-state index is 11.7. The van der Waals surface area contributed by atoms with Crippen LogP contribution in [0, 0.1) is 0 Å². The van der Waals surface area contributed by atoms with E-state index in [4.69, 9.17) is 5.73 Å². The molecule has 0 aromatic heterocycles. The van der Waals surface area contributed by atoms with E-state index in [0.29, 0.717) is 19.5 Å². The van der Waals surface area contributed by atoms with Crippen molar-refractivity contribution in [3.05, 3.63) is 29.8 Å². The minimum absolute atomic E-state index is 0.0188. The molecule has 5 nitrogen and oxygen atoms in total. The molecule has 0 aliphatic rings. The van der Waals surface area contributed by atoms with E-state index in [2.05, 4.69) is 10.6 Å². The summed E-state index contributed by atoms with van der Waals surface area (Å²) in [6, 6.07) is 7.54. The Bertz CT molecular complexity index is 429. The molecule has 0 saturated heterocycles. The average molecular weight is 263 g/mol. The number of nitrogens with one attached hydrogen (secondary N) is 2. The molecule has 1 aromatic carbocycles. The number of rotatable bonds is 6. The Kier molecular flexibility index (Phi) is 5.85. The highest BCUT2D eigenvalue weighted by Crippen LogP contribution is 2.19. The molecule has 1 rings (SSSR count). The lowest BCUT2D eigenvalue weighted by molar-refractivity contribution is -0.122. The van der Waals surface area contributed by atoms with Gasteiger partial charge in [-0.2, -0.15) is 0 Å². The Morgan fingerprint density at radius 2 is 1.74 bits per heavy atom. The summed E-state index contributed by atoms with van der Waals surface area (Å²) in [6.07, 6.45) is 0.421. The number of nitrogen functional groups attached to an aromatic ring is 1. The number of carbonyl (C=O) groups excluding carboxylic acids is 2. The highest BCUT2D eigenvalue weighted by Gasteiger charge is 2.10. The number of anilines is 1. The molecule has 0 saturated carbocycles. The van der Waals surface area contributed by atoms with Gasteiger partial charge in [0.2, 0.25) is 11.8 Å². The first-order chi connectivity index (χ1) is 8.99. The molecule has 1 atom stereocenters. The van der Waals surface area contributed by atoms with Crippen molar-refractivity contribution in [1.29, 1.82) is 0 Å². The van der Waals surface area contributed by atoms with Crippen LogP contribution >= 0.6 is 0 Å². The van der Waals surface area contributed by atoms with Gasteiger partial charge in [-0.1, -0.05) is 19.1 Å². The summed E-state index contributed by atoms with van der Waals surface area (Å²) < 4.78 is 0. The fourth-order valence-corrected chi connectivity index (χ4v) is 1.73. The summed E-state index contributed by atoms with van der Waals surface area (Å²) >= 11 is 0. The maximum Gasteiger partial charge on any atom is 0.220 e.